The van der Waals surface area contributed by atoms with E-state index in [1.807, 2.05) is 39.0 Å². The third-order valence-electron chi connectivity index (χ3n) is 4.67. The number of benzene rings is 1. The lowest BCUT2D eigenvalue weighted by molar-refractivity contribution is 0.603. The minimum absolute atomic E-state index is 0.307. The van der Waals surface area contributed by atoms with E-state index in [0.717, 1.165) is 22.5 Å². The Hall–Kier alpha value is -3.50. The number of sulfonamides is 1. The molecule has 3 N–H and O–H groups in total. The summed E-state index contributed by atoms with van der Waals surface area (Å²) in [6.07, 6.45) is 2.55. The van der Waals surface area contributed by atoms with Crippen LogP contribution in [0.25, 0.3) is 0 Å². The number of pyridine rings is 1. The SMILES string of the molecule is CCc1ccc(S(=O)(=O)Nc2ccc(Nc3cc(Nc4cc(C)ccn4)nc(C)n3)cc2)s1. The second kappa shape index (κ2) is 9.55. The van der Waals surface area contributed by atoms with Crippen molar-refractivity contribution >= 4 is 50.2 Å². The van der Waals surface area contributed by atoms with E-state index in [4.69, 9.17) is 0 Å². The zero-order chi connectivity index (χ0) is 23.4. The number of anilines is 5. The van der Waals surface area contributed by atoms with E-state index in [1.54, 1.807) is 42.6 Å². The standard InChI is InChI=1S/C23H24N6O2S2/c1-4-19-9-10-23(32-19)33(30,31)29-18-7-5-17(6-8-18)27-21-14-22(26-16(3)25-21)28-20-13-15(2)11-12-24-20/h5-14,29H,4H2,1-3H3,(H2,24,25,26,27,28). The van der Waals surface area contributed by atoms with Gasteiger partial charge in [-0.2, -0.15) is 0 Å². The highest BCUT2D eigenvalue weighted by Crippen LogP contribution is 2.26. The molecule has 170 valence electrons. The molecular weight excluding hydrogens is 456 g/mol. The van der Waals surface area contributed by atoms with Crippen molar-refractivity contribution in [3.63, 3.8) is 0 Å². The van der Waals surface area contributed by atoms with Crippen LogP contribution in [0.4, 0.5) is 28.8 Å². The number of thiophene rings is 1. The molecule has 0 atom stereocenters. The van der Waals surface area contributed by atoms with E-state index in [-0.39, 0.29) is 0 Å². The lowest BCUT2D eigenvalue weighted by atomic mass is 10.3. The molecule has 1 aromatic carbocycles. The summed E-state index contributed by atoms with van der Waals surface area (Å²) in [5.41, 5.74) is 2.34. The molecule has 0 spiro atoms. The fourth-order valence-corrected chi connectivity index (χ4v) is 5.45. The Kier molecular flexibility index (Phi) is 6.57. The van der Waals surface area contributed by atoms with Crippen LogP contribution in [0.1, 0.15) is 23.2 Å². The minimum Gasteiger partial charge on any atom is -0.340 e. The van der Waals surface area contributed by atoms with Gasteiger partial charge in [0.25, 0.3) is 10.0 Å². The smallest absolute Gasteiger partial charge is 0.271 e. The molecule has 0 saturated heterocycles. The molecule has 0 aliphatic carbocycles. The Morgan fingerprint density at radius 2 is 1.55 bits per heavy atom. The molecule has 0 amide bonds. The van der Waals surface area contributed by atoms with Crippen LogP contribution < -0.4 is 15.4 Å². The summed E-state index contributed by atoms with van der Waals surface area (Å²) in [6.45, 7) is 5.81. The largest absolute Gasteiger partial charge is 0.340 e. The molecule has 0 radical (unpaired) electrons. The average molecular weight is 481 g/mol. The zero-order valence-corrected chi connectivity index (χ0v) is 20.1. The van der Waals surface area contributed by atoms with Gasteiger partial charge in [0.15, 0.2) is 0 Å². The van der Waals surface area contributed by atoms with Crippen LogP contribution in [0.2, 0.25) is 0 Å². The summed E-state index contributed by atoms with van der Waals surface area (Å²) >= 11 is 1.28. The number of nitrogens with zero attached hydrogens (tertiary/aromatic N) is 3. The zero-order valence-electron chi connectivity index (χ0n) is 18.5. The molecule has 0 unspecified atom stereocenters. The number of rotatable bonds is 8. The first-order valence-electron chi connectivity index (χ1n) is 10.3. The van der Waals surface area contributed by atoms with Gasteiger partial charge in [0, 0.05) is 28.5 Å². The first-order valence-corrected chi connectivity index (χ1v) is 12.6. The minimum atomic E-state index is -3.61. The van der Waals surface area contributed by atoms with Gasteiger partial charge in [0.05, 0.1) is 0 Å². The molecule has 33 heavy (non-hydrogen) atoms. The maximum absolute atomic E-state index is 12.6. The highest BCUT2D eigenvalue weighted by Gasteiger charge is 2.16. The lowest BCUT2D eigenvalue weighted by Crippen LogP contribution is -2.11. The molecule has 4 aromatic rings. The quantitative estimate of drug-likeness (QED) is 0.310. The van der Waals surface area contributed by atoms with E-state index < -0.39 is 10.0 Å². The van der Waals surface area contributed by atoms with Gasteiger partial charge in [0.2, 0.25) is 0 Å². The molecule has 3 aromatic heterocycles. The molecule has 3 heterocycles. The molecule has 0 bridgehead atoms. The van der Waals surface area contributed by atoms with E-state index in [9.17, 15) is 8.42 Å². The Labute approximate surface area is 197 Å². The van der Waals surface area contributed by atoms with Crippen LogP contribution >= 0.6 is 11.3 Å². The first kappa shape index (κ1) is 22.7. The van der Waals surface area contributed by atoms with E-state index >= 15 is 0 Å². The van der Waals surface area contributed by atoms with Crippen LogP contribution in [0.5, 0.6) is 0 Å². The van der Waals surface area contributed by atoms with Crippen molar-refractivity contribution in [2.24, 2.45) is 0 Å². The number of nitrogens with one attached hydrogen (secondary N) is 3. The van der Waals surface area contributed by atoms with Gasteiger partial charge in [-0.25, -0.2) is 23.4 Å². The molecule has 8 nitrogen and oxygen atoms in total. The summed E-state index contributed by atoms with van der Waals surface area (Å²) in [6, 6.07) is 16.1. The maximum Gasteiger partial charge on any atom is 0.271 e. The summed E-state index contributed by atoms with van der Waals surface area (Å²) in [4.78, 5) is 14.2. The van der Waals surface area contributed by atoms with Gasteiger partial charge in [-0.3, -0.25) is 4.72 Å². The third kappa shape index (κ3) is 5.85. The molecular formula is C23H24N6O2S2. The van der Waals surface area contributed by atoms with Crippen LogP contribution in [-0.4, -0.2) is 23.4 Å². The predicted molar refractivity (Wildman–Crippen MR) is 133 cm³/mol. The van der Waals surface area contributed by atoms with Crippen molar-refractivity contribution in [2.75, 3.05) is 15.4 Å². The average Bonchev–Trinajstić information content (AvgIpc) is 3.25. The first-order chi connectivity index (χ1) is 15.8. The summed E-state index contributed by atoms with van der Waals surface area (Å²) in [5, 5.41) is 6.42. The van der Waals surface area contributed by atoms with E-state index in [2.05, 4.69) is 30.3 Å². The maximum atomic E-state index is 12.6. The second-order valence-electron chi connectivity index (χ2n) is 7.41. The van der Waals surface area contributed by atoms with Gasteiger partial charge in [-0.1, -0.05) is 6.92 Å². The Balaban J connectivity index is 1.46. The number of hydrogen-bond donors (Lipinski definition) is 3. The Morgan fingerprint density at radius 3 is 2.21 bits per heavy atom. The van der Waals surface area contributed by atoms with Gasteiger partial charge in [0.1, 0.15) is 27.5 Å². The third-order valence-corrected chi connectivity index (χ3v) is 7.77. The normalized spacial score (nSPS) is 11.2. The van der Waals surface area contributed by atoms with Crippen molar-refractivity contribution < 1.29 is 8.42 Å². The molecule has 0 aliphatic heterocycles. The second-order valence-corrected chi connectivity index (χ2v) is 10.5. The van der Waals surface area contributed by atoms with Gasteiger partial charge in [-0.15, -0.1) is 11.3 Å². The summed E-state index contributed by atoms with van der Waals surface area (Å²) in [5.74, 6) is 2.53. The van der Waals surface area contributed by atoms with Crippen molar-refractivity contribution in [1.29, 1.82) is 0 Å². The van der Waals surface area contributed by atoms with Gasteiger partial charge >= 0.3 is 0 Å². The van der Waals surface area contributed by atoms with E-state index in [1.165, 1.54) is 11.3 Å². The van der Waals surface area contributed by atoms with Crippen LogP contribution in [0, 0.1) is 13.8 Å². The lowest BCUT2D eigenvalue weighted by Gasteiger charge is -2.11. The van der Waals surface area contributed by atoms with Crippen LogP contribution in [0.15, 0.2) is 65.0 Å². The summed E-state index contributed by atoms with van der Waals surface area (Å²) in [7, 11) is -3.61. The van der Waals surface area contributed by atoms with Crippen molar-refractivity contribution in [3.05, 3.63) is 77.1 Å². The molecule has 4 rings (SSSR count). The van der Waals surface area contributed by atoms with E-state index in [0.29, 0.717) is 33.2 Å². The molecule has 10 heteroatoms. The van der Waals surface area contributed by atoms with Gasteiger partial charge in [-0.05, 0) is 74.4 Å². The number of aromatic nitrogens is 3. The fraction of sp³-hybridized carbons (Fsp3) is 0.174. The Morgan fingerprint density at radius 1 is 0.848 bits per heavy atom. The molecule has 0 aliphatic rings. The highest BCUT2D eigenvalue weighted by atomic mass is 32.2. The topological polar surface area (TPSA) is 109 Å². The molecule has 0 fully saturated rings. The number of hydrogen-bond acceptors (Lipinski definition) is 8. The monoisotopic (exact) mass is 480 g/mol. The molecule has 0 saturated carbocycles. The van der Waals surface area contributed by atoms with Gasteiger partial charge < -0.3 is 10.6 Å². The van der Waals surface area contributed by atoms with Crippen LogP contribution in [-0.2, 0) is 16.4 Å². The van der Waals surface area contributed by atoms with Crippen molar-refractivity contribution in [3.8, 4) is 0 Å². The fourth-order valence-electron chi connectivity index (χ4n) is 3.10. The van der Waals surface area contributed by atoms with Crippen molar-refractivity contribution in [1.82, 2.24) is 15.0 Å². The predicted octanol–water partition coefficient (Wildman–Crippen LogP) is 5.40. The Bertz CT molecular complexity index is 1370. The van der Waals surface area contributed by atoms with Crippen molar-refractivity contribution in [2.45, 2.75) is 31.4 Å². The summed E-state index contributed by atoms with van der Waals surface area (Å²) < 4.78 is 28.1. The van der Waals surface area contributed by atoms with Crippen LogP contribution in [0.3, 0.4) is 0 Å². The number of aryl methyl sites for hydroxylation is 3. The highest BCUT2D eigenvalue weighted by molar-refractivity contribution is 7.94.